The molecular formula is C20H25N3O3S. The van der Waals surface area contributed by atoms with Crippen molar-refractivity contribution in [3.05, 3.63) is 54.4 Å². The minimum Gasteiger partial charge on any atom is -0.326 e. The fourth-order valence-corrected chi connectivity index (χ4v) is 4.79. The summed E-state index contributed by atoms with van der Waals surface area (Å²) in [4.78, 5) is 16.3. The van der Waals surface area contributed by atoms with Crippen LogP contribution in [0.1, 0.15) is 45.2 Å². The third kappa shape index (κ3) is 4.20. The van der Waals surface area contributed by atoms with Crippen LogP contribution in [0.15, 0.2) is 53.7 Å². The minimum absolute atomic E-state index is 0.115. The lowest BCUT2D eigenvalue weighted by molar-refractivity contribution is -0.123. The second-order valence-corrected chi connectivity index (χ2v) is 9.67. The van der Waals surface area contributed by atoms with E-state index in [-0.39, 0.29) is 16.8 Å². The molecule has 1 aliphatic rings. The van der Waals surface area contributed by atoms with E-state index in [9.17, 15) is 13.2 Å². The monoisotopic (exact) mass is 387 g/mol. The number of pyridine rings is 1. The molecule has 0 radical (unpaired) electrons. The van der Waals surface area contributed by atoms with Gasteiger partial charge in [0.25, 0.3) is 0 Å². The maximum atomic E-state index is 13.1. The van der Waals surface area contributed by atoms with Crippen LogP contribution in [-0.4, -0.2) is 30.2 Å². The molecule has 1 saturated heterocycles. The highest BCUT2D eigenvalue weighted by molar-refractivity contribution is 7.89. The SMILES string of the molecule is CC(C)(C)C(=O)Nc1ccc(S(=O)(=O)N2CCCC2c2ccncc2)cc1. The van der Waals surface area contributed by atoms with Gasteiger partial charge in [0.05, 0.1) is 10.9 Å². The largest absolute Gasteiger partial charge is 0.326 e. The van der Waals surface area contributed by atoms with Gasteiger partial charge in [-0.15, -0.1) is 0 Å². The van der Waals surface area contributed by atoms with Gasteiger partial charge in [0.1, 0.15) is 0 Å². The highest BCUT2D eigenvalue weighted by Crippen LogP contribution is 2.36. The molecule has 6 nitrogen and oxygen atoms in total. The normalized spacial score (nSPS) is 18.4. The van der Waals surface area contributed by atoms with Gasteiger partial charge >= 0.3 is 0 Å². The molecule has 1 aliphatic heterocycles. The van der Waals surface area contributed by atoms with Crippen molar-refractivity contribution in [3.63, 3.8) is 0 Å². The molecule has 1 aromatic heterocycles. The highest BCUT2D eigenvalue weighted by atomic mass is 32.2. The number of carbonyl (C=O) groups excluding carboxylic acids is 1. The zero-order valence-corrected chi connectivity index (χ0v) is 16.7. The van der Waals surface area contributed by atoms with Crippen molar-refractivity contribution in [2.24, 2.45) is 5.41 Å². The molecule has 0 saturated carbocycles. The van der Waals surface area contributed by atoms with E-state index in [1.54, 1.807) is 41.0 Å². The average molecular weight is 388 g/mol. The van der Waals surface area contributed by atoms with Crippen molar-refractivity contribution < 1.29 is 13.2 Å². The molecule has 1 fully saturated rings. The molecular weight excluding hydrogens is 362 g/mol. The molecule has 27 heavy (non-hydrogen) atoms. The number of anilines is 1. The fourth-order valence-electron chi connectivity index (χ4n) is 3.11. The van der Waals surface area contributed by atoms with Gasteiger partial charge in [0, 0.05) is 30.0 Å². The Morgan fingerprint density at radius 3 is 2.33 bits per heavy atom. The quantitative estimate of drug-likeness (QED) is 0.869. The minimum atomic E-state index is -3.61. The molecule has 1 N–H and O–H groups in total. The van der Waals surface area contributed by atoms with Gasteiger partial charge in [-0.25, -0.2) is 8.42 Å². The summed E-state index contributed by atoms with van der Waals surface area (Å²) in [7, 11) is -3.61. The maximum Gasteiger partial charge on any atom is 0.243 e. The summed E-state index contributed by atoms with van der Waals surface area (Å²) in [5.41, 5.74) is 1.03. The van der Waals surface area contributed by atoms with Crippen molar-refractivity contribution in [1.29, 1.82) is 0 Å². The van der Waals surface area contributed by atoms with Crippen LogP contribution in [0.2, 0.25) is 0 Å². The van der Waals surface area contributed by atoms with Crippen LogP contribution >= 0.6 is 0 Å². The van der Waals surface area contributed by atoms with Crippen molar-refractivity contribution in [1.82, 2.24) is 9.29 Å². The lowest BCUT2D eigenvalue weighted by atomic mass is 9.95. The third-order valence-electron chi connectivity index (χ3n) is 4.69. The van der Waals surface area contributed by atoms with E-state index in [0.29, 0.717) is 12.2 Å². The summed E-state index contributed by atoms with van der Waals surface area (Å²) >= 11 is 0. The first-order valence-corrected chi connectivity index (χ1v) is 10.5. The Hall–Kier alpha value is -2.25. The number of amides is 1. The Kier molecular flexibility index (Phi) is 5.35. The lowest BCUT2D eigenvalue weighted by Gasteiger charge is -2.24. The second kappa shape index (κ2) is 7.40. The van der Waals surface area contributed by atoms with E-state index < -0.39 is 15.4 Å². The van der Waals surface area contributed by atoms with E-state index >= 15 is 0 Å². The molecule has 0 aliphatic carbocycles. The number of nitrogens with one attached hydrogen (secondary N) is 1. The van der Waals surface area contributed by atoms with Crippen LogP contribution in [0.5, 0.6) is 0 Å². The van der Waals surface area contributed by atoms with Crippen molar-refractivity contribution in [2.75, 3.05) is 11.9 Å². The molecule has 1 atom stereocenters. The molecule has 2 heterocycles. The van der Waals surface area contributed by atoms with Gasteiger partial charge < -0.3 is 5.32 Å². The molecule has 1 amide bonds. The fraction of sp³-hybridized carbons (Fsp3) is 0.400. The summed E-state index contributed by atoms with van der Waals surface area (Å²) in [6.07, 6.45) is 4.99. The van der Waals surface area contributed by atoms with Gasteiger partial charge in [-0.05, 0) is 54.8 Å². The number of benzene rings is 1. The Bertz CT molecular complexity index is 904. The van der Waals surface area contributed by atoms with E-state index in [0.717, 1.165) is 18.4 Å². The topological polar surface area (TPSA) is 79.4 Å². The Labute approximate surface area is 160 Å². The predicted molar refractivity (Wildman–Crippen MR) is 105 cm³/mol. The molecule has 3 rings (SSSR count). The summed E-state index contributed by atoms with van der Waals surface area (Å²) in [5.74, 6) is -0.115. The zero-order chi connectivity index (χ0) is 19.7. The van der Waals surface area contributed by atoms with Crippen molar-refractivity contribution in [2.45, 2.75) is 44.6 Å². The van der Waals surface area contributed by atoms with E-state index in [4.69, 9.17) is 0 Å². The predicted octanol–water partition coefficient (Wildman–Crippen LogP) is 3.59. The molecule has 1 unspecified atom stereocenters. The van der Waals surface area contributed by atoms with Crippen molar-refractivity contribution >= 4 is 21.6 Å². The molecule has 144 valence electrons. The number of hydrogen-bond donors (Lipinski definition) is 1. The van der Waals surface area contributed by atoms with E-state index in [1.807, 2.05) is 32.9 Å². The third-order valence-corrected chi connectivity index (χ3v) is 6.62. The summed E-state index contributed by atoms with van der Waals surface area (Å²) < 4.78 is 27.8. The zero-order valence-electron chi connectivity index (χ0n) is 15.8. The molecule has 2 aromatic rings. The van der Waals surface area contributed by atoms with Gasteiger partial charge in [-0.3, -0.25) is 9.78 Å². The Morgan fingerprint density at radius 1 is 1.11 bits per heavy atom. The Morgan fingerprint density at radius 2 is 1.74 bits per heavy atom. The first-order chi connectivity index (χ1) is 12.7. The number of sulfonamides is 1. The average Bonchev–Trinajstić information content (AvgIpc) is 3.13. The number of nitrogens with zero attached hydrogens (tertiary/aromatic N) is 2. The summed E-state index contributed by atoms with van der Waals surface area (Å²) in [6, 6.07) is 9.93. The number of rotatable bonds is 4. The molecule has 0 spiro atoms. The van der Waals surface area contributed by atoms with Crippen LogP contribution in [0.25, 0.3) is 0 Å². The standard InChI is InChI=1S/C20H25N3O3S/c1-20(2,3)19(24)22-16-6-8-17(9-7-16)27(25,26)23-14-4-5-18(23)15-10-12-21-13-11-15/h6-13,18H,4-5,14H2,1-3H3,(H,22,24). The molecule has 0 bridgehead atoms. The second-order valence-electron chi connectivity index (χ2n) is 7.78. The molecule has 1 aromatic carbocycles. The number of hydrogen-bond acceptors (Lipinski definition) is 4. The highest BCUT2D eigenvalue weighted by Gasteiger charge is 2.36. The van der Waals surface area contributed by atoms with Crippen LogP contribution in [0.3, 0.4) is 0 Å². The number of aromatic nitrogens is 1. The number of carbonyl (C=O) groups is 1. The summed E-state index contributed by atoms with van der Waals surface area (Å²) in [5, 5.41) is 2.81. The van der Waals surface area contributed by atoms with Crippen LogP contribution < -0.4 is 5.32 Å². The van der Waals surface area contributed by atoms with E-state index in [2.05, 4.69) is 10.3 Å². The summed E-state index contributed by atoms with van der Waals surface area (Å²) in [6.45, 7) is 5.98. The van der Waals surface area contributed by atoms with Crippen LogP contribution in [0, 0.1) is 5.41 Å². The van der Waals surface area contributed by atoms with Gasteiger partial charge in [0.15, 0.2) is 0 Å². The maximum absolute atomic E-state index is 13.1. The van der Waals surface area contributed by atoms with Crippen LogP contribution in [-0.2, 0) is 14.8 Å². The van der Waals surface area contributed by atoms with Gasteiger partial charge in [-0.2, -0.15) is 4.31 Å². The van der Waals surface area contributed by atoms with Gasteiger partial charge in [0.2, 0.25) is 15.9 Å². The van der Waals surface area contributed by atoms with Crippen molar-refractivity contribution in [3.8, 4) is 0 Å². The van der Waals surface area contributed by atoms with Gasteiger partial charge in [-0.1, -0.05) is 20.8 Å². The van der Waals surface area contributed by atoms with Crippen LogP contribution in [0.4, 0.5) is 5.69 Å². The Balaban J connectivity index is 1.81. The first-order valence-electron chi connectivity index (χ1n) is 9.03. The first kappa shape index (κ1) is 19.5. The smallest absolute Gasteiger partial charge is 0.243 e. The lowest BCUT2D eigenvalue weighted by Crippen LogP contribution is -2.30. The molecule has 7 heteroatoms. The van der Waals surface area contributed by atoms with E-state index in [1.165, 1.54) is 0 Å².